The maximum Gasteiger partial charge on any atom is 0.336 e. The summed E-state index contributed by atoms with van der Waals surface area (Å²) < 4.78 is 16.5. The molecule has 2 heterocycles. The molecule has 2 aromatic heterocycles. The average molecular weight is 387 g/mol. The minimum atomic E-state index is -0.536. The summed E-state index contributed by atoms with van der Waals surface area (Å²) in [7, 11) is 0. The first kappa shape index (κ1) is 16.8. The predicted octanol–water partition coefficient (Wildman–Crippen LogP) is 4.05. The van der Waals surface area contributed by atoms with Gasteiger partial charge in [0, 0.05) is 5.02 Å². The molecule has 4 rings (SSSR count). The number of rotatable bonds is 3. The van der Waals surface area contributed by atoms with Crippen molar-refractivity contribution in [3.8, 4) is 5.69 Å². The molecule has 130 valence electrons. The van der Waals surface area contributed by atoms with Crippen LogP contribution in [0.4, 0.5) is 4.39 Å². The number of hydrogen-bond donors (Lipinski definition) is 0. The largest absolute Gasteiger partial charge is 0.336 e. The Morgan fingerprint density at radius 2 is 1.85 bits per heavy atom. The number of thiophene rings is 1. The summed E-state index contributed by atoms with van der Waals surface area (Å²) in [6.45, 7) is 0.210. The molecule has 0 saturated heterocycles. The maximum atomic E-state index is 13.6. The molecule has 0 atom stereocenters. The first-order valence-corrected chi connectivity index (χ1v) is 9.04. The van der Waals surface area contributed by atoms with E-state index < -0.39 is 17.1 Å². The van der Waals surface area contributed by atoms with Crippen molar-refractivity contribution in [3.05, 3.63) is 97.2 Å². The Balaban J connectivity index is 2.02. The first-order valence-electron chi connectivity index (χ1n) is 7.78. The minimum absolute atomic E-state index is 0.197. The van der Waals surface area contributed by atoms with E-state index >= 15 is 0 Å². The molecule has 4 aromatic rings. The molecule has 0 radical (unpaired) electrons. The molecule has 0 saturated carbocycles. The van der Waals surface area contributed by atoms with E-state index in [9.17, 15) is 14.0 Å². The van der Waals surface area contributed by atoms with Gasteiger partial charge in [0.15, 0.2) is 0 Å². The van der Waals surface area contributed by atoms with Crippen LogP contribution < -0.4 is 11.2 Å². The molecular weight excluding hydrogens is 375 g/mol. The molecule has 0 spiro atoms. The van der Waals surface area contributed by atoms with E-state index in [1.807, 2.05) is 18.2 Å². The van der Waals surface area contributed by atoms with Crippen LogP contribution in [0.2, 0.25) is 5.02 Å². The van der Waals surface area contributed by atoms with Gasteiger partial charge >= 0.3 is 5.69 Å². The van der Waals surface area contributed by atoms with Gasteiger partial charge in [-0.3, -0.25) is 9.36 Å². The zero-order chi connectivity index (χ0) is 18.3. The van der Waals surface area contributed by atoms with Crippen LogP contribution in [0.1, 0.15) is 5.56 Å². The topological polar surface area (TPSA) is 44.0 Å². The lowest BCUT2D eigenvalue weighted by Crippen LogP contribution is -2.38. The summed E-state index contributed by atoms with van der Waals surface area (Å²) in [4.78, 5) is 25.9. The summed E-state index contributed by atoms with van der Waals surface area (Å²) >= 11 is 7.47. The van der Waals surface area contributed by atoms with Crippen LogP contribution in [-0.2, 0) is 6.54 Å². The molecule has 7 heteroatoms. The summed E-state index contributed by atoms with van der Waals surface area (Å²) in [6.07, 6.45) is 0. The molecule has 26 heavy (non-hydrogen) atoms. The van der Waals surface area contributed by atoms with Gasteiger partial charge in [-0.05, 0) is 41.3 Å². The van der Waals surface area contributed by atoms with Crippen molar-refractivity contribution in [3.63, 3.8) is 0 Å². The van der Waals surface area contributed by atoms with E-state index in [0.717, 1.165) is 10.1 Å². The fraction of sp³-hybridized carbons (Fsp3) is 0.0526. The standard InChI is InChI=1S/C19H12ClFN2O2S/c20-15-7-2-1-4-12(15)11-22-16-8-9-26-17(16)18(24)23(19(22)25)14-6-3-5-13(21)10-14/h1-10H,11H2. The fourth-order valence-corrected chi connectivity index (χ4v) is 3.90. The highest BCUT2D eigenvalue weighted by Crippen LogP contribution is 2.20. The first-order chi connectivity index (χ1) is 12.6. The second-order valence-corrected chi connectivity index (χ2v) is 7.04. The monoisotopic (exact) mass is 386 g/mol. The van der Waals surface area contributed by atoms with E-state index in [0.29, 0.717) is 15.2 Å². The highest BCUT2D eigenvalue weighted by atomic mass is 35.5. The SMILES string of the molecule is O=c1c2sccc2n(Cc2ccccc2Cl)c(=O)n1-c1cccc(F)c1. The van der Waals surface area contributed by atoms with Gasteiger partial charge in [0.2, 0.25) is 0 Å². The normalized spacial score (nSPS) is 11.2. The number of benzene rings is 2. The lowest BCUT2D eigenvalue weighted by atomic mass is 10.2. The summed E-state index contributed by atoms with van der Waals surface area (Å²) in [6, 6.07) is 14.4. The average Bonchev–Trinajstić information content (AvgIpc) is 3.10. The summed E-state index contributed by atoms with van der Waals surface area (Å²) in [5.74, 6) is -0.516. The Morgan fingerprint density at radius 3 is 2.62 bits per heavy atom. The Morgan fingerprint density at radius 1 is 1.04 bits per heavy atom. The Kier molecular flexibility index (Phi) is 4.22. The fourth-order valence-electron chi connectivity index (χ4n) is 2.88. The Bertz CT molecular complexity index is 1240. The Hall–Kier alpha value is -2.70. The molecule has 4 nitrogen and oxygen atoms in total. The molecule has 2 aromatic carbocycles. The maximum absolute atomic E-state index is 13.6. The zero-order valence-corrected chi connectivity index (χ0v) is 14.9. The molecule has 0 aliphatic rings. The van der Waals surface area contributed by atoms with Crippen molar-refractivity contribution >= 4 is 33.2 Å². The van der Waals surface area contributed by atoms with Crippen LogP contribution in [0.3, 0.4) is 0 Å². The number of hydrogen-bond acceptors (Lipinski definition) is 3. The molecule has 0 bridgehead atoms. The van der Waals surface area contributed by atoms with E-state index in [4.69, 9.17) is 11.6 Å². The highest BCUT2D eigenvalue weighted by Gasteiger charge is 2.16. The molecule has 0 amide bonds. The molecule has 0 unspecified atom stereocenters. The van der Waals surface area contributed by atoms with Crippen molar-refractivity contribution in [2.45, 2.75) is 6.54 Å². The van der Waals surface area contributed by atoms with Gasteiger partial charge in [-0.1, -0.05) is 35.9 Å². The van der Waals surface area contributed by atoms with Crippen LogP contribution in [0.5, 0.6) is 0 Å². The Labute approximate surface area is 156 Å². The van der Waals surface area contributed by atoms with Gasteiger partial charge in [0.1, 0.15) is 10.5 Å². The van der Waals surface area contributed by atoms with Crippen molar-refractivity contribution in [2.75, 3.05) is 0 Å². The molecule has 0 N–H and O–H groups in total. The van der Waals surface area contributed by atoms with Gasteiger partial charge in [0.25, 0.3) is 5.56 Å². The van der Waals surface area contributed by atoms with Gasteiger partial charge in [-0.2, -0.15) is 0 Å². The minimum Gasteiger partial charge on any atom is -0.288 e. The second kappa shape index (κ2) is 6.55. The van der Waals surface area contributed by atoms with Crippen LogP contribution in [0, 0.1) is 5.82 Å². The van der Waals surface area contributed by atoms with Gasteiger partial charge in [0.05, 0.1) is 17.7 Å². The van der Waals surface area contributed by atoms with E-state index in [-0.39, 0.29) is 12.2 Å². The second-order valence-electron chi connectivity index (χ2n) is 5.72. The quantitative estimate of drug-likeness (QED) is 0.533. The molecule has 0 aliphatic heterocycles. The smallest absolute Gasteiger partial charge is 0.288 e. The van der Waals surface area contributed by atoms with E-state index in [1.54, 1.807) is 17.5 Å². The summed E-state index contributed by atoms with van der Waals surface area (Å²) in [5, 5.41) is 2.29. The zero-order valence-electron chi connectivity index (χ0n) is 13.4. The number of aromatic nitrogens is 2. The third-order valence-corrected chi connectivity index (χ3v) is 5.37. The highest BCUT2D eigenvalue weighted by molar-refractivity contribution is 7.17. The number of halogens is 2. The van der Waals surface area contributed by atoms with E-state index in [2.05, 4.69) is 0 Å². The van der Waals surface area contributed by atoms with Crippen LogP contribution in [0.25, 0.3) is 15.9 Å². The lowest BCUT2D eigenvalue weighted by Gasteiger charge is -2.13. The third kappa shape index (κ3) is 2.77. The van der Waals surface area contributed by atoms with Gasteiger partial charge in [-0.25, -0.2) is 13.8 Å². The van der Waals surface area contributed by atoms with Gasteiger partial charge in [-0.15, -0.1) is 11.3 Å². The third-order valence-electron chi connectivity index (χ3n) is 4.11. The molecule has 0 aliphatic carbocycles. The molecular formula is C19H12ClFN2O2S. The van der Waals surface area contributed by atoms with Crippen molar-refractivity contribution in [1.29, 1.82) is 0 Å². The van der Waals surface area contributed by atoms with E-state index in [1.165, 1.54) is 40.2 Å². The van der Waals surface area contributed by atoms with Crippen molar-refractivity contribution < 1.29 is 4.39 Å². The van der Waals surface area contributed by atoms with Gasteiger partial charge < -0.3 is 0 Å². The predicted molar refractivity (Wildman–Crippen MR) is 102 cm³/mol. The van der Waals surface area contributed by atoms with Crippen LogP contribution in [-0.4, -0.2) is 9.13 Å². The molecule has 0 fully saturated rings. The lowest BCUT2D eigenvalue weighted by molar-refractivity contribution is 0.624. The van der Waals surface area contributed by atoms with Crippen molar-refractivity contribution in [1.82, 2.24) is 9.13 Å². The van der Waals surface area contributed by atoms with Crippen LogP contribution >= 0.6 is 22.9 Å². The van der Waals surface area contributed by atoms with Crippen LogP contribution in [0.15, 0.2) is 69.6 Å². The number of fused-ring (bicyclic) bond motifs is 1. The number of nitrogens with zero attached hydrogens (tertiary/aromatic N) is 2. The summed E-state index contributed by atoms with van der Waals surface area (Å²) in [5.41, 5.74) is 0.501. The van der Waals surface area contributed by atoms with Crippen molar-refractivity contribution in [2.24, 2.45) is 0 Å².